The van der Waals surface area contributed by atoms with E-state index in [-0.39, 0.29) is 18.0 Å². The molecule has 116 valence electrons. The van der Waals surface area contributed by atoms with Crippen LogP contribution in [0.2, 0.25) is 0 Å². The van der Waals surface area contributed by atoms with Gasteiger partial charge >= 0.3 is 5.69 Å². The molecule has 8 nitrogen and oxygen atoms in total. The van der Waals surface area contributed by atoms with Crippen LogP contribution in [-0.2, 0) is 6.61 Å². The molecule has 8 heteroatoms. The maximum Gasteiger partial charge on any atom is 0.311 e. The van der Waals surface area contributed by atoms with Crippen molar-refractivity contribution in [2.24, 2.45) is 0 Å². The van der Waals surface area contributed by atoms with Crippen molar-refractivity contribution in [1.29, 1.82) is 0 Å². The van der Waals surface area contributed by atoms with Crippen LogP contribution in [0, 0.1) is 17.0 Å². The Balaban J connectivity index is 1.83. The molecule has 0 fully saturated rings. The van der Waals surface area contributed by atoms with Gasteiger partial charge in [-0.05, 0) is 41.1 Å². The molecule has 0 atom stereocenters. The summed E-state index contributed by atoms with van der Waals surface area (Å²) in [5, 5.41) is 22.6. The number of hydrogen-bond donors (Lipinski definition) is 0. The van der Waals surface area contributed by atoms with Gasteiger partial charge in [-0.15, -0.1) is 5.10 Å². The monoisotopic (exact) mass is 311 g/mol. The second-order valence-corrected chi connectivity index (χ2v) is 4.86. The normalized spacial score (nSPS) is 10.5. The number of aromatic nitrogens is 4. The number of rotatable bonds is 5. The Morgan fingerprint density at radius 1 is 1.22 bits per heavy atom. The first-order valence-electron chi connectivity index (χ1n) is 6.85. The fourth-order valence-corrected chi connectivity index (χ4v) is 2.10. The Morgan fingerprint density at radius 2 is 2.00 bits per heavy atom. The first-order valence-corrected chi connectivity index (χ1v) is 6.85. The smallest absolute Gasteiger partial charge is 0.311 e. The Bertz CT molecular complexity index is 832. The number of nitro benzene ring substituents is 1. The Kier molecular flexibility index (Phi) is 3.96. The fraction of sp³-hybridized carbons (Fsp3) is 0.133. The lowest BCUT2D eigenvalue weighted by Crippen LogP contribution is -2.07. The maximum absolute atomic E-state index is 11.1. The summed E-state index contributed by atoms with van der Waals surface area (Å²) in [6.07, 6.45) is 0. The summed E-state index contributed by atoms with van der Waals surface area (Å²) < 4.78 is 7.08. The standard InChI is InChI=1S/C15H13N5O3/c1-11-7-8-14(13(9-11)20(21)22)23-10-15-16-17-18-19(15)12-5-3-2-4-6-12/h2-9H,10H2,1H3. The number of para-hydroxylation sites is 1. The molecular weight excluding hydrogens is 298 g/mol. The summed E-state index contributed by atoms with van der Waals surface area (Å²) >= 11 is 0. The van der Waals surface area contributed by atoms with Crippen LogP contribution in [0.1, 0.15) is 11.4 Å². The van der Waals surface area contributed by atoms with E-state index in [4.69, 9.17) is 4.74 Å². The maximum atomic E-state index is 11.1. The van der Waals surface area contributed by atoms with Crippen molar-refractivity contribution in [3.05, 3.63) is 70.0 Å². The Morgan fingerprint density at radius 3 is 2.74 bits per heavy atom. The van der Waals surface area contributed by atoms with E-state index in [9.17, 15) is 10.1 Å². The first kappa shape index (κ1) is 14.6. The van der Waals surface area contributed by atoms with Crippen LogP contribution in [0.3, 0.4) is 0 Å². The quantitative estimate of drug-likeness (QED) is 0.530. The zero-order valence-electron chi connectivity index (χ0n) is 12.3. The summed E-state index contributed by atoms with van der Waals surface area (Å²) in [5.74, 6) is 0.634. The second-order valence-electron chi connectivity index (χ2n) is 4.86. The van der Waals surface area contributed by atoms with Crippen molar-refractivity contribution in [2.45, 2.75) is 13.5 Å². The highest BCUT2D eigenvalue weighted by Crippen LogP contribution is 2.28. The molecule has 0 spiro atoms. The summed E-state index contributed by atoms with van der Waals surface area (Å²) in [4.78, 5) is 10.6. The molecule has 23 heavy (non-hydrogen) atoms. The molecular formula is C15H13N5O3. The predicted molar refractivity (Wildman–Crippen MR) is 81.3 cm³/mol. The van der Waals surface area contributed by atoms with E-state index >= 15 is 0 Å². The van der Waals surface area contributed by atoms with Gasteiger partial charge in [0.15, 0.2) is 18.2 Å². The number of hydrogen-bond acceptors (Lipinski definition) is 6. The number of nitro groups is 1. The average molecular weight is 311 g/mol. The van der Waals surface area contributed by atoms with Crippen molar-refractivity contribution in [3.63, 3.8) is 0 Å². The number of nitrogens with zero attached hydrogens (tertiary/aromatic N) is 5. The van der Waals surface area contributed by atoms with E-state index in [1.165, 1.54) is 10.7 Å². The highest BCUT2D eigenvalue weighted by molar-refractivity contribution is 5.48. The van der Waals surface area contributed by atoms with Gasteiger partial charge in [-0.3, -0.25) is 10.1 Å². The minimum absolute atomic E-state index is 0.0196. The Labute approximate surface area is 131 Å². The molecule has 0 unspecified atom stereocenters. The molecule has 0 radical (unpaired) electrons. The molecule has 0 saturated carbocycles. The van der Waals surface area contributed by atoms with Gasteiger partial charge < -0.3 is 4.74 Å². The van der Waals surface area contributed by atoms with Crippen LogP contribution in [-0.4, -0.2) is 25.1 Å². The van der Waals surface area contributed by atoms with E-state index < -0.39 is 4.92 Å². The zero-order valence-corrected chi connectivity index (χ0v) is 12.3. The van der Waals surface area contributed by atoms with Crippen molar-refractivity contribution >= 4 is 5.69 Å². The van der Waals surface area contributed by atoms with Crippen LogP contribution >= 0.6 is 0 Å². The molecule has 0 saturated heterocycles. The van der Waals surface area contributed by atoms with Crippen molar-refractivity contribution < 1.29 is 9.66 Å². The minimum Gasteiger partial charge on any atom is -0.478 e. The fourth-order valence-electron chi connectivity index (χ4n) is 2.10. The van der Waals surface area contributed by atoms with Crippen molar-refractivity contribution in [2.75, 3.05) is 0 Å². The van der Waals surface area contributed by atoms with E-state index in [1.807, 2.05) is 30.3 Å². The van der Waals surface area contributed by atoms with E-state index in [1.54, 1.807) is 19.1 Å². The van der Waals surface area contributed by atoms with Gasteiger partial charge in [0.25, 0.3) is 0 Å². The van der Waals surface area contributed by atoms with Gasteiger partial charge in [-0.25, -0.2) is 0 Å². The number of benzene rings is 2. The minimum atomic E-state index is -0.470. The molecule has 0 aliphatic heterocycles. The molecule has 2 aromatic carbocycles. The first-order chi connectivity index (χ1) is 11.1. The molecule has 0 aliphatic rings. The molecule has 3 aromatic rings. The summed E-state index contributed by atoms with van der Waals surface area (Å²) in [6.45, 7) is 1.80. The molecule has 1 aromatic heterocycles. The van der Waals surface area contributed by atoms with Crippen LogP contribution in [0.4, 0.5) is 5.69 Å². The summed E-state index contributed by atoms with van der Waals surface area (Å²) in [6, 6.07) is 14.1. The van der Waals surface area contributed by atoms with Gasteiger partial charge in [0.2, 0.25) is 0 Å². The van der Waals surface area contributed by atoms with E-state index in [0.717, 1.165) is 11.3 Å². The number of tetrazole rings is 1. The summed E-state index contributed by atoms with van der Waals surface area (Å²) in [5.41, 5.74) is 1.50. The highest BCUT2D eigenvalue weighted by Gasteiger charge is 2.17. The zero-order chi connectivity index (χ0) is 16.2. The predicted octanol–water partition coefficient (Wildman–Crippen LogP) is 2.46. The number of aryl methyl sites for hydroxylation is 1. The van der Waals surface area contributed by atoms with Gasteiger partial charge in [-0.2, -0.15) is 4.68 Å². The third kappa shape index (κ3) is 3.15. The lowest BCUT2D eigenvalue weighted by Gasteiger charge is -2.07. The SMILES string of the molecule is Cc1ccc(OCc2nnnn2-c2ccccc2)c([N+](=O)[O-])c1. The highest BCUT2D eigenvalue weighted by atomic mass is 16.6. The van der Waals surface area contributed by atoms with Crippen molar-refractivity contribution in [1.82, 2.24) is 20.2 Å². The Hall–Kier alpha value is -3.29. The molecule has 3 rings (SSSR count). The van der Waals surface area contributed by atoms with Gasteiger partial charge in [0, 0.05) is 6.07 Å². The third-order valence-electron chi connectivity index (χ3n) is 3.20. The molecule has 1 heterocycles. The van der Waals surface area contributed by atoms with Gasteiger partial charge in [0.05, 0.1) is 10.6 Å². The van der Waals surface area contributed by atoms with Crippen LogP contribution in [0.15, 0.2) is 48.5 Å². The van der Waals surface area contributed by atoms with Crippen molar-refractivity contribution in [3.8, 4) is 11.4 Å². The van der Waals surface area contributed by atoms with Gasteiger partial charge in [0.1, 0.15) is 0 Å². The average Bonchev–Trinajstić information content (AvgIpc) is 3.03. The van der Waals surface area contributed by atoms with Crippen LogP contribution in [0.5, 0.6) is 5.75 Å². The topological polar surface area (TPSA) is 96.0 Å². The summed E-state index contributed by atoms with van der Waals surface area (Å²) in [7, 11) is 0. The largest absolute Gasteiger partial charge is 0.478 e. The lowest BCUT2D eigenvalue weighted by molar-refractivity contribution is -0.386. The van der Waals surface area contributed by atoms with Crippen LogP contribution in [0.25, 0.3) is 5.69 Å². The second kappa shape index (κ2) is 6.22. The molecule has 0 amide bonds. The third-order valence-corrected chi connectivity index (χ3v) is 3.20. The molecule has 0 aliphatic carbocycles. The van der Waals surface area contributed by atoms with Crippen LogP contribution < -0.4 is 4.74 Å². The lowest BCUT2D eigenvalue weighted by atomic mass is 10.2. The number of ether oxygens (including phenoxy) is 1. The molecule has 0 N–H and O–H groups in total. The van der Waals surface area contributed by atoms with Gasteiger partial charge in [-0.1, -0.05) is 24.3 Å². The van der Waals surface area contributed by atoms with E-state index in [2.05, 4.69) is 15.5 Å². The van der Waals surface area contributed by atoms with E-state index in [0.29, 0.717) is 5.82 Å². The molecule has 0 bridgehead atoms.